The van der Waals surface area contributed by atoms with E-state index < -0.39 is 0 Å². The molecular formula is C13H15NO. The maximum atomic E-state index is 5.65. The third kappa shape index (κ3) is 2.09. The molecule has 1 aromatic heterocycles. The first kappa shape index (κ1) is 9.97. The van der Waals surface area contributed by atoms with Crippen LogP contribution in [0.3, 0.4) is 0 Å². The van der Waals surface area contributed by atoms with Gasteiger partial charge in [-0.25, -0.2) is 0 Å². The van der Waals surface area contributed by atoms with Crippen LogP contribution in [0, 0.1) is 6.92 Å². The van der Waals surface area contributed by atoms with Gasteiger partial charge in [0.1, 0.15) is 5.75 Å². The van der Waals surface area contributed by atoms with E-state index in [1.54, 1.807) is 0 Å². The van der Waals surface area contributed by atoms with E-state index in [2.05, 4.69) is 18.0 Å². The number of hydrogen-bond donors (Lipinski definition) is 0. The topological polar surface area (TPSA) is 22.1 Å². The first-order valence-corrected chi connectivity index (χ1v) is 5.19. The maximum absolute atomic E-state index is 5.65. The van der Waals surface area contributed by atoms with Crippen LogP contribution in [0.2, 0.25) is 0 Å². The third-order valence-electron chi connectivity index (χ3n) is 2.30. The van der Waals surface area contributed by atoms with Gasteiger partial charge in [-0.2, -0.15) is 0 Å². The quantitative estimate of drug-likeness (QED) is 0.743. The van der Waals surface area contributed by atoms with Gasteiger partial charge in [0.05, 0.1) is 11.6 Å². The normalized spacial score (nSPS) is 10.9. The summed E-state index contributed by atoms with van der Waals surface area (Å²) in [5, 5.41) is 1.16. The largest absolute Gasteiger partial charge is 0.491 e. The molecule has 0 bridgehead atoms. The Kier molecular flexibility index (Phi) is 2.58. The van der Waals surface area contributed by atoms with E-state index in [1.165, 1.54) is 5.56 Å². The molecule has 78 valence electrons. The molecule has 0 unspecified atom stereocenters. The third-order valence-corrected chi connectivity index (χ3v) is 2.30. The summed E-state index contributed by atoms with van der Waals surface area (Å²) in [5.41, 5.74) is 2.25. The molecule has 0 aliphatic carbocycles. The standard InChI is InChI=1S/C13H15NO/c1-9(2)15-11-4-5-13-12(8-11)10(3)6-7-14-13/h4-9H,1-3H3. The van der Waals surface area contributed by atoms with E-state index in [0.29, 0.717) is 0 Å². The average Bonchev–Trinajstić information content (AvgIpc) is 2.18. The van der Waals surface area contributed by atoms with Gasteiger partial charge < -0.3 is 4.74 Å². The summed E-state index contributed by atoms with van der Waals surface area (Å²) in [7, 11) is 0. The molecule has 0 saturated carbocycles. The molecule has 15 heavy (non-hydrogen) atoms. The molecule has 0 saturated heterocycles. The summed E-state index contributed by atoms with van der Waals surface area (Å²) in [5.74, 6) is 0.911. The van der Waals surface area contributed by atoms with Crippen molar-refractivity contribution >= 4 is 10.9 Å². The highest BCUT2D eigenvalue weighted by atomic mass is 16.5. The van der Waals surface area contributed by atoms with Crippen molar-refractivity contribution in [2.45, 2.75) is 26.9 Å². The SMILES string of the molecule is Cc1ccnc2ccc(OC(C)C)cc12. The lowest BCUT2D eigenvalue weighted by atomic mass is 10.1. The molecule has 2 nitrogen and oxygen atoms in total. The average molecular weight is 201 g/mol. The summed E-state index contributed by atoms with van der Waals surface area (Å²) in [6, 6.07) is 8.04. The molecule has 1 aromatic carbocycles. The predicted molar refractivity (Wildman–Crippen MR) is 62.2 cm³/mol. The lowest BCUT2D eigenvalue weighted by molar-refractivity contribution is 0.243. The van der Waals surface area contributed by atoms with Crippen molar-refractivity contribution in [1.29, 1.82) is 0 Å². The minimum absolute atomic E-state index is 0.208. The zero-order chi connectivity index (χ0) is 10.8. The van der Waals surface area contributed by atoms with Crippen molar-refractivity contribution in [1.82, 2.24) is 4.98 Å². The van der Waals surface area contributed by atoms with Gasteiger partial charge in [0, 0.05) is 11.6 Å². The number of pyridine rings is 1. The predicted octanol–water partition coefficient (Wildman–Crippen LogP) is 3.33. The summed E-state index contributed by atoms with van der Waals surface area (Å²) in [4.78, 5) is 4.31. The van der Waals surface area contributed by atoms with E-state index in [9.17, 15) is 0 Å². The molecule has 0 aliphatic heterocycles. The van der Waals surface area contributed by atoms with Crippen LogP contribution >= 0.6 is 0 Å². The number of ether oxygens (including phenoxy) is 1. The second-order valence-corrected chi connectivity index (χ2v) is 3.97. The zero-order valence-electron chi connectivity index (χ0n) is 9.32. The van der Waals surface area contributed by atoms with Crippen molar-refractivity contribution in [3.8, 4) is 5.75 Å². The fraction of sp³-hybridized carbons (Fsp3) is 0.308. The van der Waals surface area contributed by atoms with Crippen LogP contribution in [0.4, 0.5) is 0 Å². The van der Waals surface area contributed by atoms with Crippen molar-refractivity contribution < 1.29 is 4.74 Å². The first-order chi connectivity index (χ1) is 7.16. The zero-order valence-corrected chi connectivity index (χ0v) is 9.32. The highest BCUT2D eigenvalue weighted by Gasteiger charge is 2.02. The molecule has 1 heterocycles. The smallest absolute Gasteiger partial charge is 0.120 e. The van der Waals surface area contributed by atoms with Gasteiger partial charge in [-0.05, 0) is 50.6 Å². The number of aromatic nitrogens is 1. The number of aryl methyl sites for hydroxylation is 1. The summed E-state index contributed by atoms with van der Waals surface area (Å²) in [6.45, 7) is 6.14. The number of benzene rings is 1. The molecule has 0 N–H and O–H groups in total. The van der Waals surface area contributed by atoms with E-state index in [0.717, 1.165) is 16.7 Å². The Balaban J connectivity index is 2.50. The lowest BCUT2D eigenvalue weighted by Gasteiger charge is -2.10. The highest BCUT2D eigenvalue weighted by Crippen LogP contribution is 2.22. The van der Waals surface area contributed by atoms with Gasteiger partial charge in [-0.15, -0.1) is 0 Å². The van der Waals surface area contributed by atoms with Crippen LogP contribution in [-0.4, -0.2) is 11.1 Å². The second-order valence-electron chi connectivity index (χ2n) is 3.97. The lowest BCUT2D eigenvalue weighted by Crippen LogP contribution is -2.05. The molecule has 0 fully saturated rings. The number of fused-ring (bicyclic) bond motifs is 1. The van der Waals surface area contributed by atoms with E-state index in [4.69, 9.17) is 4.74 Å². The molecular weight excluding hydrogens is 186 g/mol. The van der Waals surface area contributed by atoms with Gasteiger partial charge >= 0.3 is 0 Å². The van der Waals surface area contributed by atoms with Crippen LogP contribution in [0.25, 0.3) is 10.9 Å². The van der Waals surface area contributed by atoms with E-state index in [-0.39, 0.29) is 6.10 Å². The Morgan fingerprint density at radius 2 is 2.00 bits per heavy atom. The van der Waals surface area contributed by atoms with Gasteiger partial charge in [0.25, 0.3) is 0 Å². The minimum atomic E-state index is 0.208. The molecule has 0 atom stereocenters. The van der Waals surface area contributed by atoms with E-state index >= 15 is 0 Å². The van der Waals surface area contributed by atoms with Gasteiger partial charge in [-0.3, -0.25) is 4.98 Å². The Hall–Kier alpha value is -1.57. The summed E-state index contributed by atoms with van der Waals surface area (Å²) >= 11 is 0. The fourth-order valence-electron chi connectivity index (χ4n) is 1.61. The summed E-state index contributed by atoms with van der Waals surface area (Å²) in [6.07, 6.45) is 2.04. The Morgan fingerprint density at radius 3 is 2.73 bits per heavy atom. The Bertz CT molecular complexity index is 477. The van der Waals surface area contributed by atoms with Crippen LogP contribution in [-0.2, 0) is 0 Å². The number of hydrogen-bond acceptors (Lipinski definition) is 2. The molecule has 2 heteroatoms. The Labute approximate surface area is 89.9 Å². The molecule has 2 aromatic rings. The van der Waals surface area contributed by atoms with Gasteiger partial charge in [0.15, 0.2) is 0 Å². The maximum Gasteiger partial charge on any atom is 0.120 e. The minimum Gasteiger partial charge on any atom is -0.491 e. The number of rotatable bonds is 2. The van der Waals surface area contributed by atoms with Crippen LogP contribution in [0.5, 0.6) is 5.75 Å². The summed E-state index contributed by atoms with van der Waals surface area (Å²) < 4.78 is 5.65. The van der Waals surface area contributed by atoms with E-state index in [1.807, 2.05) is 38.2 Å². The molecule has 0 amide bonds. The number of nitrogens with zero attached hydrogens (tertiary/aromatic N) is 1. The van der Waals surface area contributed by atoms with Crippen molar-refractivity contribution in [3.63, 3.8) is 0 Å². The van der Waals surface area contributed by atoms with Crippen LogP contribution in [0.15, 0.2) is 30.5 Å². The van der Waals surface area contributed by atoms with Crippen molar-refractivity contribution in [3.05, 3.63) is 36.0 Å². The van der Waals surface area contributed by atoms with Crippen LogP contribution < -0.4 is 4.74 Å². The Morgan fingerprint density at radius 1 is 1.20 bits per heavy atom. The van der Waals surface area contributed by atoms with Crippen molar-refractivity contribution in [2.75, 3.05) is 0 Å². The molecule has 2 rings (SSSR count). The monoisotopic (exact) mass is 201 g/mol. The first-order valence-electron chi connectivity index (χ1n) is 5.19. The van der Waals surface area contributed by atoms with Crippen LogP contribution in [0.1, 0.15) is 19.4 Å². The van der Waals surface area contributed by atoms with Gasteiger partial charge in [-0.1, -0.05) is 0 Å². The highest BCUT2D eigenvalue weighted by molar-refractivity contribution is 5.83. The molecule has 0 spiro atoms. The van der Waals surface area contributed by atoms with Crippen molar-refractivity contribution in [2.24, 2.45) is 0 Å². The molecule has 0 aliphatic rings. The fourth-order valence-corrected chi connectivity index (χ4v) is 1.61. The second kappa shape index (κ2) is 3.89. The van der Waals surface area contributed by atoms with Gasteiger partial charge in [0.2, 0.25) is 0 Å². The molecule has 0 radical (unpaired) electrons.